The van der Waals surface area contributed by atoms with Gasteiger partial charge in [-0.15, -0.1) is 0 Å². The van der Waals surface area contributed by atoms with Gasteiger partial charge in [-0.25, -0.2) is 4.98 Å². The van der Waals surface area contributed by atoms with Crippen molar-refractivity contribution in [3.63, 3.8) is 0 Å². The third-order valence-electron chi connectivity index (χ3n) is 3.67. The molecule has 5 heteroatoms. The average molecular weight is 287 g/mol. The van der Waals surface area contributed by atoms with Gasteiger partial charge in [-0.05, 0) is 38.3 Å². The van der Waals surface area contributed by atoms with Crippen molar-refractivity contribution in [2.75, 3.05) is 19.6 Å². The van der Waals surface area contributed by atoms with Crippen LogP contribution in [0.25, 0.3) is 0 Å². The number of hydrogen-bond acceptors (Lipinski definition) is 4. The SMILES string of the molecule is CC1(O)CCCN(C(=O)c2ccc(C#CCN)cn2)CC1. The molecule has 0 aliphatic carbocycles. The number of amides is 1. The molecular weight excluding hydrogens is 266 g/mol. The van der Waals surface area contributed by atoms with Crippen molar-refractivity contribution in [3.8, 4) is 11.8 Å². The monoisotopic (exact) mass is 287 g/mol. The Morgan fingerprint density at radius 2 is 2.29 bits per heavy atom. The molecule has 2 heterocycles. The number of hydrogen-bond donors (Lipinski definition) is 2. The molecule has 1 amide bonds. The van der Waals surface area contributed by atoms with E-state index in [1.165, 1.54) is 0 Å². The minimum Gasteiger partial charge on any atom is -0.390 e. The topological polar surface area (TPSA) is 79.5 Å². The molecule has 3 N–H and O–H groups in total. The molecule has 0 bridgehead atoms. The minimum atomic E-state index is -0.676. The Morgan fingerprint density at radius 3 is 2.95 bits per heavy atom. The van der Waals surface area contributed by atoms with E-state index < -0.39 is 5.60 Å². The zero-order valence-electron chi connectivity index (χ0n) is 12.3. The first-order chi connectivity index (χ1) is 10.0. The van der Waals surface area contributed by atoms with Crippen LogP contribution in [0.3, 0.4) is 0 Å². The molecule has 2 rings (SSSR count). The lowest BCUT2D eigenvalue weighted by Gasteiger charge is -2.22. The Bertz CT molecular complexity index is 555. The molecule has 1 aliphatic heterocycles. The summed E-state index contributed by atoms with van der Waals surface area (Å²) in [5.74, 6) is 5.53. The normalized spacial score (nSPS) is 22.1. The Balaban J connectivity index is 2.06. The largest absolute Gasteiger partial charge is 0.390 e. The van der Waals surface area contributed by atoms with Gasteiger partial charge in [0.15, 0.2) is 0 Å². The van der Waals surface area contributed by atoms with E-state index in [4.69, 9.17) is 5.73 Å². The lowest BCUT2D eigenvalue weighted by atomic mass is 9.98. The summed E-state index contributed by atoms with van der Waals surface area (Å²) in [6.45, 7) is 3.34. The molecule has 1 aliphatic rings. The van der Waals surface area contributed by atoms with Crippen molar-refractivity contribution in [1.82, 2.24) is 9.88 Å². The highest BCUT2D eigenvalue weighted by atomic mass is 16.3. The highest BCUT2D eigenvalue weighted by Crippen LogP contribution is 2.22. The molecule has 1 fully saturated rings. The molecule has 112 valence electrons. The van der Waals surface area contributed by atoms with E-state index >= 15 is 0 Å². The van der Waals surface area contributed by atoms with Crippen molar-refractivity contribution >= 4 is 5.91 Å². The Morgan fingerprint density at radius 1 is 1.48 bits per heavy atom. The number of carbonyl (C=O) groups is 1. The van der Waals surface area contributed by atoms with Crippen LogP contribution in [0.5, 0.6) is 0 Å². The maximum atomic E-state index is 12.4. The molecule has 0 saturated carbocycles. The maximum Gasteiger partial charge on any atom is 0.272 e. The fraction of sp³-hybridized carbons (Fsp3) is 0.500. The molecule has 5 nitrogen and oxygen atoms in total. The van der Waals surface area contributed by atoms with Gasteiger partial charge in [0.2, 0.25) is 0 Å². The van der Waals surface area contributed by atoms with Gasteiger partial charge in [0.05, 0.1) is 12.1 Å². The Kier molecular flexibility index (Phi) is 4.94. The van der Waals surface area contributed by atoms with Crippen molar-refractivity contribution in [3.05, 3.63) is 29.6 Å². The van der Waals surface area contributed by atoms with Crippen LogP contribution in [0.15, 0.2) is 18.3 Å². The van der Waals surface area contributed by atoms with Crippen molar-refractivity contribution in [2.24, 2.45) is 5.73 Å². The van der Waals surface area contributed by atoms with E-state index in [0.717, 1.165) is 18.4 Å². The van der Waals surface area contributed by atoms with Crippen LogP contribution in [-0.2, 0) is 0 Å². The number of nitrogens with two attached hydrogens (primary N) is 1. The molecule has 1 aromatic rings. The maximum absolute atomic E-state index is 12.4. The lowest BCUT2D eigenvalue weighted by molar-refractivity contribution is 0.0437. The Hall–Kier alpha value is -1.90. The summed E-state index contributed by atoms with van der Waals surface area (Å²) in [5.41, 5.74) is 5.80. The fourth-order valence-corrected chi connectivity index (χ4v) is 2.38. The predicted molar refractivity (Wildman–Crippen MR) is 80.5 cm³/mol. The molecule has 1 aromatic heterocycles. The van der Waals surface area contributed by atoms with Gasteiger partial charge in [0.25, 0.3) is 5.91 Å². The van der Waals surface area contributed by atoms with Crippen LogP contribution < -0.4 is 5.73 Å². The highest BCUT2D eigenvalue weighted by Gasteiger charge is 2.27. The highest BCUT2D eigenvalue weighted by molar-refractivity contribution is 5.92. The first-order valence-corrected chi connectivity index (χ1v) is 7.18. The van der Waals surface area contributed by atoms with Gasteiger partial charge in [0, 0.05) is 24.8 Å². The van der Waals surface area contributed by atoms with Crippen LogP contribution in [0.4, 0.5) is 0 Å². The second-order valence-electron chi connectivity index (χ2n) is 5.58. The van der Waals surface area contributed by atoms with Crippen LogP contribution in [0.2, 0.25) is 0 Å². The summed E-state index contributed by atoms with van der Waals surface area (Å²) < 4.78 is 0. The van der Waals surface area contributed by atoms with Gasteiger partial charge < -0.3 is 15.7 Å². The van der Waals surface area contributed by atoms with Crippen molar-refractivity contribution < 1.29 is 9.90 Å². The molecule has 1 unspecified atom stereocenters. The van der Waals surface area contributed by atoms with E-state index in [9.17, 15) is 9.90 Å². The first kappa shape index (κ1) is 15.5. The number of likely N-dealkylation sites (tertiary alicyclic amines) is 1. The molecule has 0 radical (unpaired) electrons. The minimum absolute atomic E-state index is 0.0916. The zero-order valence-corrected chi connectivity index (χ0v) is 12.3. The van der Waals surface area contributed by atoms with E-state index in [2.05, 4.69) is 16.8 Å². The molecular formula is C16H21N3O2. The lowest BCUT2D eigenvalue weighted by Crippen LogP contribution is -2.34. The smallest absolute Gasteiger partial charge is 0.272 e. The second kappa shape index (κ2) is 6.70. The summed E-state index contributed by atoms with van der Waals surface area (Å²) in [5, 5.41) is 10.1. The molecule has 1 saturated heterocycles. The number of rotatable bonds is 1. The summed E-state index contributed by atoms with van der Waals surface area (Å²) in [6, 6.07) is 3.46. The van der Waals surface area contributed by atoms with E-state index in [0.29, 0.717) is 31.7 Å². The Labute approximate surface area is 125 Å². The summed E-state index contributed by atoms with van der Waals surface area (Å²) in [4.78, 5) is 18.4. The van der Waals surface area contributed by atoms with Gasteiger partial charge in [-0.3, -0.25) is 4.79 Å². The van der Waals surface area contributed by atoms with E-state index in [1.807, 2.05) is 6.92 Å². The van der Waals surface area contributed by atoms with Crippen molar-refractivity contribution in [1.29, 1.82) is 0 Å². The number of aliphatic hydroxyl groups is 1. The summed E-state index contributed by atoms with van der Waals surface area (Å²) in [7, 11) is 0. The number of carbonyl (C=O) groups excluding carboxylic acids is 1. The van der Waals surface area contributed by atoms with E-state index in [1.54, 1.807) is 23.2 Å². The van der Waals surface area contributed by atoms with Gasteiger partial charge in [-0.2, -0.15) is 0 Å². The predicted octanol–water partition coefficient (Wildman–Crippen LogP) is 0.769. The van der Waals surface area contributed by atoms with E-state index in [-0.39, 0.29) is 5.91 Å². The summed E-state index contributed by atoms with van der Waals surface area (Å²) in [6.07, 6.45) is 3.71. The first-order valence-electron chi connectivity index (χ1n) is 7.18. The molecule has 0 spiro atoms. The van der Waals surface area contributed by atoms with Crippen LogP contribution in [0.1, 0.15) is 42.2 Å². The summed E-state index contributed by atoms with van der Waals surface area (Å²) >= 11 is 0. The molecule has 0 aromatic carbocycles. The molecule has 1 atom stereocenters. The number of nitrogens with zero attached hydrogens (tertiary/aromatic N) is 2. The third kappa shape index (κ3) is 4.28. The second-order valence-corrected chi connectivity index (χ2v) is 5.58. The zero-order chi connectivity index (χ0) is 15.3. The van der Waals surface area contributed by atoms with Crippen LogP contribution in [-0.4, -0.2) is 46.1 Å². The van der Waals surface area contributed by atoms with Gasteiger partial charge >= 0.3 is 0 Å². The number of aromatic nitrogens is 1. The quantitative estimate of drug-likeness (QED) is 0.748. The van der Waals surface area contributed by atoms with Crippen molar-refractivity contribution in [2.45, 2.75) is 31.8 Å². The molecule has 21 heavy (non-hydrogen) atoms. The third-order valence-corrected chi connectivity index (χ3v) is 3.67. The van der Waals surface area contributed by atoms with Gasteiger partial charge in [0.1, 0.15) is 5.69 Å². The van der Waals surface area contributed by atoms with Crippen LogP contribution >= 0.6 is 0 Å². The average Bonchev–Trinajstić information content (AvgIpc) is 2.66. The fourth-order valence-electron chi connectivity index (χ4n) is 2.38. The standard InChI is InChI=1S/C16H21N3O2/c1-16(21)7-3-10-19(11-8-16)15(20)14-6-5-13(12-18-14)4-2-9-17/h5-6,12,21H,3,7-11,17H2,1H3. The number of pyridine rings is 1. The van der Waals surface area contributed by atoms with Gasteiger partial charge in [-0.1, -0.05) is 11.8 Å². The van der Waals surface area contributed by atoms with Crippen LogP contribution in [0, 0.1) is 11.8 Å².